The number of Topliss-reactive ketones (excluding diaryl/α,β-unsaturated/α-hetero) is 1. The number of nitrogens with one attached hydrogen (secondary N) is 1. The number of ketones is 1. The van der Waals surface area contributed by atoms with E-state index in [1.54, 1.807) is 0 Å². The standard InChI is InChI=1S/C30H24Br3NO/c1-30(2)17-27-28(29(35)25(30)15-18-3-9-21(31)10-4-18)24(19-5-11-22(32)12-6-19)16-26(34-27)20-7-13-23(33)14-8-20/h3-16,24,34H,17H2,1-2H3/b25-15+. The zero-order valence-corrected chi connectivity index (χ0v) is 24.2. The summed E-state index contributed by atoms with van der Waals surface area (Å²) in [5.74, 6) is -0.0133. The summed E-state index contributed by atoms with van der Waals surface area (Å²) in [7, 11) is 0. The van der Waals surface area contributed by atoms with Crippen molar-refractivity contribution in [2.75, 3.05) is 0 Å². The van der Waals surface area contributed by atoms with Crippen molar-refractivity contribution in [2.45, 2.75) is 26.2 Å². The van der Waals surface area contributed by atoms with Gasteiger partial charge in [-0.15, -0.1) is 0 Å². The van der Waals surface area contributed by atoms with E-state index in [9.17, 15) is 4.79 Å². The highest BCUT2D eigenvalue weighted by Crippen LogP contribution is 2.48. The Kier molecular flexibility index (Phi) is 6.77. The van der Waals surface area contributed by atoms with E-state index < -0.39 is 0 Å². The summed E-state index contributed by atoms with van der Waals surface area (Å²) in [6, 6.07) is 24.7. The van der Waals surface area contributed by atoms with E-state index in [4.69, 9.17) is 0 Å². The van der Waals surface area contributed by atoms with Gasteiger partial charge in [-0.25, -0.2) is 0 Å². The van der Waals surface area contributed by atoms with Crippen LogP contribution in [0.5, 0.6) is 0 Å². The van der Waals surface area contributed by atoms with Gasteiger partial charge in [0.2, 0.25) is 0 Å². The molecule has 0 radical (unpaired) electrons. The third-order valence-electron chi connectivity index (χ3n) is 6.66. The molecule has 0 saturated carbocycles. The van der Waals surface area contributed by atoms with Crippen molar-refractivity contribution in [1.82, 2.24) is 5.32 Å². The minimum atomic E-state index is -0.303. The summed E-state index contributed by atoms with van der Waals surface area (Å²) >= 11 is 10.6. The normalized spacial score (nSPS) is 20.4. The lowest BCUT2D eigenvalue weighted by atomic mass is 9.67. The van der Waals surface area contributed by atoms with Crippen molar-refractivity contribution in [3.05, 3.63) is 126 Å². The summed E-state index contributed by atoms with van der Waals surface area (Å²) < 4.78 is 3.09. The SMILES string of the molecule is CC1(C)CC2=C(C(=O)/C1=C\c1ccc(Br)cc1)C(c1ccc(Br)cc1)C=C(c1ccc(Br)cc1)N2. The number of carbonyl (C=O) groups is 1. The van der Waals surface area contributed by atoms with E-state index in [0.717, 1.165) is 59.1 Å². The molecule has 2 nitrogen and oxygen atoms in total. The Morgan fingerprint density at radius 3 is 1.97 bits per heavy atom. The number of hydrogen-bond acceptors (Lipinski definition) is 2. The number of carbonyl (C=O) groups excluding carboxylic acids is 1. The lowest BCUT2D eigenvalue weighted by molar-refractivity contribution is -0.113. The predicted molar refractivity (Wildman–Crippen MR) is 155 cm³/mol. The Bertz CT molecular complexity index is 1380. The van der Waals surface area contributed by atoms with Crippen molar-refractivity contribution in [1.29, 1.82) is 0 Å². The van der Waals surface area contributed by atoms with Gasteiger partial charge in [0, 0.05) is 41.9 Å². The summed E-state index contributed by atoms with van der Waals surface area (Å²) in [6.45, 7) is 4.32. The smallest absolute Gasteiger partial charge is 0.188 e. The number of rotatable bonds is 3. The first kappa shape index (κ1) is 24.5. The Labute approximate surface area is 231 Å². The molecule has 5 heteroatoms. The molecular weight excluding hydrogens is 630 g/mol. The fraction of sp³-hybridized carbons (Fsp3) is 0.167. The van der Waals surface area contributed by atoms with Crippen LogP contribution >= 0.6 is 47.8 Å². The van der Waals surface area contributed by atoms with Gasteiger partial charge in [-0.1, -0.05) is 98.0 Å². The van der Waals surface area contributed by atoms with Crippen molar-refractivity contribution < 1.29 is 4.79 Å². The Hall–Kier alpha value is -2.21. The molecule has 1 heterocycles. The summed E-state index contributed by atoms with van der Waals surface area (Å²) in [6.07, 6.45) is 5.02. The molecule has 1 aliphatic heterocycles. The fourth-order valence-electron chi connectivity index (χ4n) is 4.83. The van der Waals surface area contributed by atoms with E-state index in [1.807, 2.05) is 48.5 Å². The Morgan fingerprint density at radius 2 is 1.37 bits per heavy atom. The lowest BCUT2D eigenvalue weighted by Crippen LogP contribution is -2.37. The molecule has 0 spiro atoms. The van der Waals surface area contributed by atoms with E-state index in [1.165, 1.54) is 0 Å². The van der Waals surface area contributed by atoms with Crippen molar-refractivity contribution in [3.8, 4) is 0 Å². The monoisotopic (exact) mass is 651 g/mol. The molecule has 3 aromatic carbocycles. The molecule has 0 fully saturated rings. The lowest BCUT2D eigenvalue weighted by Gasteiger charge is -2.40. The van der Waals surface area contributed by atoms with Crippen LogP contribution in [0, 0.1) is 5.41 Å². The second-order valence-corrected chi connectivity index (χ2v) is 12.4. The predicted octanol–water partition coefficient (Wildman–Crippen LogP) is 9.04. The van der Waals surface area contributed by atoms with Crippen LogP contribution in [-0.4, -0.2) is 5.78 Å². The van der Waals surface area contributed by atoms with Crippen LogP contribution in [-0.2, 0) is 4.79 Å². The van der Waals surface area contributed by atoms with E-state index >= 15 is 0 Å². The van der Waals surface area contributed by atoms with Gasteiger partial charge in [-0.05, 0) is 77.1 Å². The van der Waals surface area contributed by atoms with Gasteiger partial charge in [-0.3, -0.25) is 4.79 Å². The molecule has 35 heavy (non-hydrogen) atoms. The third kappa shape index (κ3) is 5.04. The molecular formula is C30H24Br3NO. The molecule has 1 atom stereocenters. The topological polar surface area (TPSA) is 29.1 Å². The molecule has 1 aliphatic carbocycles. The van der Waals surface area contributed by atoms with Crippen LogP contribution in [0.3, 0.4) is 0 Å². The highest BCUT2D eigenvalue weighted by molar-refractivity contribution is 9.11. The molecule has 3 aromatic rings. The van der Waals surface area contributed by atoms with Gasteiger partial charge in [0.1, 0.15) is 0 Å². The number of hydrogen-bond donors (Lipinski definition) is 1. The molecule has 0 saturated heterocycles. The van der Waals surface area contributed by atoms with Crippen LogP contribution in [0.15, 0.2) is 109 Å². The zero-order chi connectivity index (χ0) is 24.7. The molecule has 2 aliphatic rings. The van der Waals surface area contributed by atoms with Gasteiger partial charge in [0.05, 0.1) is 0 Å². The second-order valence-electron chi connectivity index (χ2n) is 9.63. The summed E-state index contributed by atoms with van der Waals surface area (Å²) in [4.78, 5) is 14.2. The van der Waals surface area contributed by atoms with Crippen LogP contribution in [0.4, 0.5) is 0 Å². The summed E-state index contributed by atoms with van der Waals surface area (Å²) in [5.41, 5.74) is 6.68. The van der Waals surface area contributed by atoms with Crippen molar-refractivity contribution in [2.24, 2.45) is 5.41 Å². The van der Waals surface area contributed by atoms with Crippen LogP contribution in [0.2, 0.25) is 0 Å². The summed E-state index contributed by atoms with van der Waals surface area (Å²) in [5, 5.41) is 3.64. The molecule has 176 valence electrons. The van der Waals surface area contributed by atoms with E-state index in [-0.39, 0.29) is 17.1 Å². The number of allylic oxidation sites excluding steroid dienone is 4. The van der Waals surface area contributed by atoms with Gasteiger partial charge >= 0.3 is 0 Å². The van der Waals surface area contributed by atoms with Crippen LogP contribution in [0.1, 0.15) is 42.9 Å². The number of halogens is 3. The van der Waals surface area contributed by atoms with Crippen molar-refractivity contribution in [3.63, 3.8) is 0 Å². The molecule has 5 rings (SSSR count). The van der Waals surface area contributed by atoms with Crippen LogP contribution < -0.4 is 5.32 Å². The minimum absolute atomic E-state index is 0.116. The van der Waals surface area contributed by atoms with E-state index in [2.05, 4.69) is 103 Å². The average molecular weight is 654 g/mol. The maximum absolute atomic E-state index is 14.2. The molecule has 0 aromatic heterocycles. The van der Waals surface area contributed by atoms with Gasteiger partial charge in [0.25, 0.3) is 0 Å². The quantitative estimate of drug-likeness (QED) is 0.286. The minimum Gasteiger partial charge on any atom is -0.358 e. The maximum atomic E-state index is 14.2. The van der Waals surface area contributed by atoms with Crippen molar-refractivity contribution >= 4 is 65.3 Å². The first-order valence-electron chi connectivity index (χ1n) is 11.5. The second kappa shape index (κ2) is 9.68. The Balaban J connectivity index is 1.63. The largest absolute Gasteiger partial charge is 0.358 e. The Morgan fingerprint density at radius 1 is 0.829 bits per heavy atom. The van der Waals surface area contributed by atoms with E-state index in [0.29, 0.717) is 0 Å². The van der Waals surface area contributed by atoms with Gasteiger partial charge < -0.3 is 5.32 Å². The number of dihydropyridines is 1. The average Bonchev–Trinajstić information content (AvgIpc) is 2.83. The van der Waals surface area contributed by atoms with Crippen LogP contribution in [0.25, 0.3) is 11.8 Å². The fourth-order valence-corrected chi connectivity index (χ4v) is 5.63. The van der Waals surface area contributed by atoms with Gasteiger partial charge in [-0.2, -0.15) is 0 Å². The first-order valence-corrected chi connectivity index (χ1v) is 13.8. The third-order valence-corrected chi connectivity index (χ3v) is 8.24. The molecule has 0 amide bonds. The molecule has 1 unspecified atom stereocenters. The number of benzene rings is 3. The maximum Gasteiger partial charge on any atom is 0.188 e. The first-order chi connectivity index (χ1) is 16.7. The molecule has 0 bridgehead atoms. The molecule has 1 N–H and O–H groups in total. The van der Waals surface area contributed by atoms with Gasteiger partial charge in [0.15, 0.2) is 5.78 Å². The zero-order valence-electron chi connectivity index (χ0n) is 19.4. The highest BCUT2D eigenvalue weighted by Gasteiger charge is 2.42. The highest BCUT2D eigenvalue weighted by atomic mass is 79.9.